The van der Waals surface area contributed by atoms with Crippen LogP contribution in [0.4, 0.5) is 24.7 Å². The number of rotatable bonds is 6. The molecule has 38 heavy (non-hydrogen) atoms. The normalized spacial score (nSPS) is 19.1. The number of pyridine rings is 1. The Balaban J connectivity index is 1.20. The molecule has 3 aromatic rings. The fraction of sp³-hybridized carbons (Fsp3) is 0.231. The maximum atomic E-state index is 12.4. The fourth-order valence-corrected chi connectivity index (χ4v) is 4.84. The molecule has 2 aromatic carbocycles. The van der Waals surface area contributed by atoms with Crippen molar-refractivity contribution in [1.29, 1.82) is 0 Å². The van der Waals surface area contributed by atoms with Gasteiger partial charge in [0.05, 0.1) is 11.9 Å². The van der Waals surface area contributed by atoms with Gasteiger partial charge in [-0.25, -0.2) is 9.98 Å². The number of nitrogens with one attached hydrogen (secondary N) is 1. The number of thioether (sulfide) groups is 1. The molecule has 1 aromatic heterocycles. The first-order valence-corrected chi connectivity index (χ1v) is 12.8. The lowest BCUT2D eigenvalue weighted by atomic mass is 10.1. The molecule has 1 atom stereocenters. The predicted octanol–water partition coefficient (Wildman–Crippen LogP) is 5.67. The number of aliphatic imine (C=N–C) groups is 1. The van der Waals surface area contributed by atoms with Crippen molar-refractivity contribution in [3.63, 3.8) is 0 Å². The van der Waals surface area contributed by atoms with Gasteiger partial charge < -0.3 is 9.64 Å². The van der Waals surface area contributed by atoms with Crippen molar-refractivity contribution in [2.24, 2.45) is 15.2 Å². The Bertz CT molecular complexity index is 1340. The smallest absolute Gasteiger partial charge is 0.406 e. The minimum Gasteiger partial charge on any atom is -0.406 e. The van der Waals surface area contributed by atoms with Crippen molar-refractivity contribution in [2.45, 2.75) is 25.9 Å². The molecule has 196 valence electrons. The fourth-order valence-electron chi connectivity index (χ4n) is 3.95. The van der Waals surface area contributed by atoms with Crippen LogP contribution in [0.3, 0.4) is 0 Å². The molecule has 1 fully saturated rings. The monoisotopic (exact) mass is 539 g/mol. The van der Waals surface area contributed by atoms with Gasteiger partial charge in [0.25, 0.3) is 0 Å². The number of ether oxygens (including phenoxy) is 1. The topological polar surface area (TPSA) is 77.7 Å². The summed E-state index contributed by atoms with van der Waals surface area (Å²) in [5.41, 5.74) is 6.73. The van der Waals surface area contributed by atoms with Crippen molar-refractivity contribution in [3.8, 4) is 5.75 Å². The Morgan fingerprint density at radius 2 is 1.89 bits per heavy atom. The second-order valence-electron chi connectivity index (χ2n) is 8.50. The second kappa shape index (κ2) is 11.2. The first-order valence-electron chi connectivity index (χ1n) is 11.8. The van der Waals surface area contributed by atoms with Crippen LogP contribution in [0.2, 0.25) is 0 Å². The third-order valence-electron chi connectivity index (χ3n) is 5.77. The SMILES string of the molecule is Cc1cccnc1N1CCCS/C1=N\N=C\c1ccc(C2N=CN(c3ccc(OC(F)(F)F)cc3)N2)cc1. The molecule has 12 heteroatoms. The van der Waals surface area contributed by atoms with Crippen molar-refractivity contribution in [2.75, 3.05) is 22.2 Å². The molecule has 0 aliphatic carbocycles. The molecule has 1 N–H and O–H groups in total. The van der Waals surface area contributed by atoms with Gasteiger partial charge in [-0.1, -0.05) is 42.1 Å². The van der Waals surface area contributed by atoms with Crippen LogP contribution < -0.4 is 20.1 Å². The average Bonchev–Trinajstić information content (AvgIpc) is 3.40. The van der Waals surface area contributed by atoms with E-state index in [0.29, 0.717) is 5.69 Å². The summed E-state index contributed by atoms with van der Waals surface area (Å²) in [5.74, 6) is 1.61. The van der Waals surface area contributed by atoms with Gasteiger partial charge in [-0.3, -0.25) is 5.01 Å². The van der Waals surface area contributed by atoms with E-state index in [0.717, 1.165) is 46.4 Å². The number of nitrogens with zero attached hydrogens (tertiary/aromatic N) is 6. The number of amidine groups is 1. The summed E-state index contributed by atoms with van der Waals surface area (Å²) in [7, 11) is 0. The zero-order chi connectivity index (χ0) is 26.5. The highest BCUT2D eigenvalue weighted by atomic mass is 32.2. The number of hydrogen-bond acceptors (Lipinski definition) is 8. The van der Waals surface area contributed by atoms with Gasteiger partial charge in [0.15, 0.2) is 5.17 Å². The number of anilines is 2. The lowest BCUT2D eigenvalue weighted by molar-refractivity contribution is -0.274. The number of halogens is 3. The van der Waals surface area contributed by atoms with Gasteiger partial charge in [-0.2, -0.15) is 10.5 Å². The molecule has 0 amide bonds. The highest BCUT2D eigenvalue weighted by Gasteiger charge is 2.31. The van der Waals surface area contributed by atoms with E-state index in [1.807, 2.05) is 43.3 Å². The van der Waals surface area contributed by atoms with Crippen LogP contribution in [-0.4, -0.2) is 41.4 Å². The van der Waals surface area contributed by atoms with Crippen molar-refractivity contribution < 1.29 is 17.9 Å². The zero-order valence-corrected chi connectivity index (χ0v) is 21.2. The lowest BCUT2D eigenvalue weighted by Gasteiger charge is -2.28. The molecule has 3 heterocycles. The Morgan fingerprint density at radius 1 is 1.11 bits per heavy atom. The summed E-state index contributed by atoms with van der Waals surface area (Å²) < 4.78 is 41.0. The maximum Gasteiger partial charge on any atom is 0.573 e. The summed E-state index contributed by atoms with van der Waals surface area (Å²) in [6.45, 7) is 2.89. The van der Waals surface area contributed by atoms with Crippen LogP contribution in [-0.2, 0) is 0 Å². The molecular weight excluding hydrogens is 515 g/mol. The first kappa shape index (κ1) is 25.7. The van der Waals surface area contributed by atoms with Crippen LogP contribution in [0.25, 0.3) is 0 Å². The highest BCUT2D eigenvalue weighted by molar-refractivity contribution is 8.14. The predicted molar refractivity (Wildman–Crippen MR) is 145 cm³/mol. The largest absolute Gasteiger partial charge is 0.573 e. The van der Waals surface area contributed by atoms with Crippen molar-refractivity contribution in [3.05, 3.63) is 83.6 Å². The average molecular weight is 540 g/mol. The van der Waals surface area contributed by atoms with E-state index in [2.05, 4.69) is 35.2 Å². The Hall–Kier alpha value is -3.90. The number of benzene rings is 2. The summed E-state index contributed by atoms with van der Waals surface area (Å²) in [6.07, 6.45) is 1.08. The van der Waals surface area contributed by atoms with E-state index in [4.69, 9.17) is 0 Å². The summed E-state index contributed by atoms with van der Waals surface area (Å²) in [4.78, 5) is 11.1. The van der Waals surface area contributed by atoms with Gasteiger partial charge in [0.2, 0.25) is 0 Å². The van der Waals surface area contributed by atoms with E-state index in [9.17, 15) is 13.2 Å². The minimum atomic E-state index is -4.72. The number of hydrogen-bond donors (Lipinski definition) is 1. The van der Waals surface area contributed by atoms with Crippen molar-refractivity contribution >= 4 is 41.0 Å². The Morgan fingerprint density at radius 3 is 2.63 bits per heavy atom. The molecule has 8 nitrogen and oxygen atoms in total. The zero-order valence-electron chi connectivity index (χ0n) is 20.3. The van der Waals surface area contributed by atoms with Gasteiger partial charge in [0, 0.05) is 18.5 Å². The maximum absolute atomic E-state index is 12.4. The molecule has 0 radical (unpaired) electrons. The van der Waals surface area contributed by atoms with Gasteiger partial charge >= 0.3 is 6.36 Å². The van der Waals surface area contributed by atoms with E-state index in [1.165, 1.54) is 24.3 Å². The first-order chi connectivity index (χ1) is 18.4. The van der Waals surface area contributed by atoms with E-state index < -0.39 is 6.36 Å². The van der Waals surface area contributed by atoms with Crippen LogP contribution in [0.1, 0.15) is 29.3 Å². The molecule has 5 rings (SSSR count). The number of aryl methyl sites for hydroxylation is 1. The molecule has 2 aliphatic rings. The summed E-state index contributed by atoms with van der Waals surface area (Å²) >= 11 is 1.67. The van der Waals surface area contributed by atoms with Crippen LogP contribution in [0, 0.1) is 6.92 Å². The van der Waals surface area contributed by atoms with Crippen molar-refractivity contribution in [1.82, 2.24) is 10.4 Å². The van der Waals surface area contributed by atoms with E-state index >= 15 is 0 Å². The summed E-state index contributed by atoms with van der Waals surface area (Å²) in [6, 6.07) is 17.2. The third kappa shape index (κ3) is 6.32. The molecule has 0 spiro atoms. The van der Waals surface area contributed by atoms with Gasteiger partial charge in [0.1, 0.15) is 24.1 Å². The standard InChI is InChI=1S/C26H24F3N7OS/c1-18-4-2-13-30-24(18)35-14-3-15-38-25(35)33-32-16-19-5-7-20(8-6-19)23-31-17-36(34-23)21-9-11-22(12-10-21)37-26(27,28)29/h2,4-13,16-17,23,34H,3,14-15H2,1H3/b32-16+,33-25-. The van der Waals surface area contributed by atoms with Crippen LogP contribution >= 0.6 is 11.8 Å². The molecule has 1 saturated heterocycles. The molecule has 0 saturated carbocycles. The van der Waals surface area contributed by atoms with Crippen LogP contribution in [0.5, 0.6) is 5.75 Å². The molecule has 0 bridgehead atoms. The Kier molecular flexibility index (Phi) is 7.61. The molecule has 1 unspecified atom stereocenters. The van der Waals surface area contributed by atoms with Crippen LogP contribution in [0.15, 0.2) is 82.1 Å². The lowest BCUT2D eigenvalue weighted by Crippen LogP contribution is -2.35. The number of alkyl halides is 3. The highest BCUT2D eigenvalue weighted by Crippen LogP contribution is 2.28. The Labute approximate surface area is 221 Å². The summed E-state index contributed by atoms with van der Waals surface area (Å²) in [5, 5.41) is 11.3. The van der Waals surface area contributed by atoms with E-state index in [-0.39, 0.29) is 11.9 Å². The molecule has 2 aliphatic heterocycles. The second-order valence-corrected chi connectivity index (χ2v) is 9.56. The number of hydrazine groups is 1. The van der Waals surface area contributed by atoms with Gasteiger partial charge in [-0.15, -0.1) is 18.3 Å². The minimum absolute atomic E-state index is 0.280. The number of aromatic nitrogens is 1. The third-order valence-corrected chi connectivity index (χ3v) is 6.82. The van der Waals surface area contributed by atoms with Gasteiger partial charge in [-0.05, 0) is 60.4 Å². The van der Waals surface area contributed by atoms with E-state index in [1.54, 1.807) is 35.5 Å². The molecular formula is C26H24F3N7OS. The quantitative estimate of drug-likeness (QED) is 0.321.